The number of anilines is 1. The predicted molar refractivity (Wildman–Crippen MR) is 81.9 cm³/mol. The summed E-state index contributed by atoms with van der Waals surface area (Å²) in [7, 11) is 0. The number of aryl methyl sites for hydroxylation is 1. The molecule has 0 unspecified atom stereocenters. The fourth-order valence-corrected chi connectivity index (χ4v) is 2.59. The third-order valence-corrected chi connectivity index (χ3v) is 3.95. The van der Waals surface area contributed by atoms with Crippen LogP contribution in [0.25, 0.3) is 0 Å². The lowest BCUT2D eigenvalue weighted by Crippen LogP contribution is -2.00. The van der Waals surface area contributed by atoms with E-state index in [9.17, 15) is 0 Å². The fraction of sp³-hybridized carbons (Fsp3) is 0.294. The van der Waals surface area contributed by atoms with Crippen molar-refractivity contribution in [3.63, 3.8) is 0 Å². The van der Waals surface area contributed by atoms with Crippen LogP contribution in [0.5, 0.6) is 0 Å². The molecule has 2 aromatic carbocycles. The van der Waals surface area contributed by atoms with Crippen LogP contribution in [-0.2, 0) is 6.54 Å². The zero-order chi connectivity index (χ0) is 13.2. The van der Waals surface area contributed by atoms with Crippen LogP contribution in [-0.4, -0.2) is 0 Å². The molecule has 1 fully saturated rings. The summed E-state index contributed by atoms with van der Waals surface area (Å²) in [6.07, 6.45) is 2.72. The zero-order valence-electron chi connectivity index (χ0n) is 11.1. The highest BCUT2D eigenvalue weighted by molar-refractivity contribution is 6.33. The molecule has 1 nitrogen and oxygen atoms in total. The molecule has 0 bridgehead atoms. The Morgan fingerprint density at radius 1 is 1.11 bits per heavy atom. The van der Waals surface area contributed by atoms with Gasteiger partial charge in [0, 0.05) is 6.54 Å². The lowest BCUT2D eigenvalue weighted by atomic mass is 10.1. The van der Waals surface area contributed by atoms with E-state index in [-0.39, 0.29) is 0 Å². The van der Waals surface area contributed by atoms with E-state index in [0.717, 1.165) is 23.2 Å². The lowest BCUT2D eigenvalue weighted by molar-refractivity contribution is 1.10. The maximum Gasteiger partial charge on any atom is 0.0640 e. The monoisotopic (exact) mass is 271 g/mol. The minimum Gasteiger partial charge on any atom is -0.380 e. The first kappa shape index (κ1) is 12.6. The first-order valence-electron chi connectivity index (χ1n) is 6.81. The molecule has 1 saturated carbocycles. The average Bonchev–Trinajstić information content (AvgIpc) is 3.23. The zero-order valence-corrected chi connectivity index (χ0v) is 11.9. The van der Waals surface area contributed by atoms with E-state index in [4.69, 9.17) is 11.6 Å². The first-order valence-corrected chi connectivity index (χ1v) is 7.19. The van der Waals surface area contributed by atoms with Gasteiger partial charge in [-0.15, -0.1) is 0 Å². The molecule has 0 spiro atoms. The van der Waals surface area contributed by atoms with Crippen LogP contribution >= 0.6 is 11.6 Å². The highest BCUT2D eigenvalue weighted by Crippen LogP contribution is 2.39. The van der Waals surface area contributed by atoms with Crippen molar-refractivity contribution in [3.8, 4) is 0 Å². The van der Waals surface area contributed by atoms with Crippen molar-refractivity contribution >= 4 is 17.3 Å². The van der Waals surface area contributed by atoms with Gasteiger partial charge in [0.2, 0.25) is 0 Å². The van der Waals surface area contributed by atoms with Gasteiger partial charge in [-0.1, -0.05) is 41.9 Å². The van der Waals surface area contributed by atoms with E-state index in [0.29, 0.717) is 0 Å². The van der Waals surface area contributed by atoms with E-state index in [1.54, 1.807) is 0 Å². The number of benzene rings is 2. The van der Waals surface area contributed by atoms with Crippen LogP contribution in [0, 0.1) is 6.92 Å². The van der Waals surface area contributed by atoms with Crippen molar-refractivity contribution in [2.75, 3.05) is 5.32 Å². The molecule has 98 valence electrons. The topological polar surface area (TPSA) is 12.0 Å². The molecule has 19 heavy (non-hydrogen) atoms. The summed E-state index contributed by atoms with van der Waals surface area (Å²) < 4.78 is 0. The smallest absolute Gasteiger partial charge is 0.0640 e. The Morgan fingerprint density at radius 3 is 2.47 bits per heavy atom. The summed E-state index contributed by atoms with van der Waals surface area (Å²) in [6.45, 7) is 2.86. The summed E-state index contributed by atoms with van der Waals surface area (Å²) in [5.41, 5.74) is 4.96. The molecule has 2 aromatic rings. The molecule has 2 heteroatoms. The Kier molecular flexibility index (Phi) is 3.48. The van der Waals surface area contributed by atoms with Gasteiger partial charge in [0.05, 0.1) is 10.7 Å². The van der Waals surface area contributed by atoms with Crippen LogP contribution in [0.3, 0.4) is 0 Å². The quantitative estimate of drug-likeness (QED) is 0.812. The van der Waals surface area contributed by atoms with Gasteiger partial charge in [0.25, 0.3) is 0 Å². The minimum atomic E-state index is 0.787. The summed E-state index contributed by atoms with van der Waals surface area (Å²) in [4.78, 5) is 0. The fourth-order valence-electron chi connectivity index (χ4n) is 2.29. The Bertz CT molecular complexity index is 570. The average molecular weight is 272 g/mol. The second kappa shape index (κ2) is 5.26. The van der Waals surface area contributed by atoms with Gasteiger partial charge in [-0.25, -0.2) is 0 Å². The van der Waals surface area contributed by atoms with Crippen LogP contribution in [0.2, 0.25) is 5.02 Å². The maximum atomic E-state index is 6.21. The largest absolute Gasteiger partial charge is 0.380 e. The summed E-state index contributed by atoms with van der Waals surface area (Å²) >= 11 is 6.21. The molecular weight excluding hydrogens is 254 g/mol. The standard InChI is InChI=1S/C17H18ClN/c1-12-2-9-17(16(18)10-12)19-11-13-3-5-14(6-4-13)15-7-8-15/h2-6,9-10,15,19H,7-8,11H2,1H3. The van der Waals surface area contributed by atoms with Crippen molar-refractivity contribution in [1.29, 1.82) is 0 Å². The van der Waals surface area contributed by atoms with Crippen LogP contribution in [0.4, 0.5) is 5.69 Å². The molecule has 0 atom stereocenters. The van der Waals surface area contributed by atoms with Gasteiger partial charge in [-0.3, -0.25) is 0 Å². The van der Waals surface area contributed by atoms with Gasteiger partial charge < -0.3 is 5.32 Å². The summed E-state index contributed by atoms with van der Waals surface area (Å²) in [5.74, 6) is 0.827. The van der Waals surface area contributed by atoms with Crippen molar-refractivity contribution in [1.82, 2.24) is 0 Å². The van der Waals surface area contributed by atoms with E-state index >= 15 is 0 Å². The number of halogens is 1. The highest BCUT2D eigenvalue weighted by atomic mass is 35.5. The van der Waals surface area contributed by atoms with Gasteiger partial charge in [0.15, 0.2) is 0 Å². The third-order valence-electron chi connectivity index (χ3n) is 3.64. The van der Waals surface area contributed by atoms with Crippen molar-refractivity contribution < 1.29 is 0 Å². The number of hydrogen-bond acceptors (Lipinski definition) is 1. The van der Waals surface area contributed by atoms with Crippen LogP contribution in [0.1, 0.15) is 35.4 Å². The molecule has 0 aromatic heterocycles. The summed E-state index contributed by atoms with van der Waals surface area (Å²) in [6, 6.07) is 15.0. The van der Waals surface area contributed by atoms with E-state index in [2.05, 4.69) is 35.6 Å². The molecule has 0 saturated heterocycles. The SMILES string of the molecule is Cc1ccc(NCc2ccc(C3CC3)cc2)c(Cl)c1. The Morgan fingerprint density at radius 2 is 1.84 bits per heavy atom. The van der Waals surface area contributed by atoms with Crippen molar-refractivity contribution in [2.45, 2.75) is 32.2 Å². The molecule has 0 amide bonds. The second-order valence-electron chi connectivity index (χ2n) is 5.35. The Labute approximate surface area is 119 Å². The van der Waals surface area contributed by atoms with E-state index in [1.807, 2.05) is 19.1 Å². The third kappa shape index (κ3) is 3.10. The lowest BCUT2D eigenvalue weighted by Gasteiger charge is -2.09. The molecule has 0 radical (unpaired) electrons. The van der Waals surface area contributed by atoms with Crippen LogP contribution in [0.15, 0.2) is 42.5 Å². The van der Waals surface area contributed by atoms with E-state index < -0.39 is 0 Å². The van der Waals surface area contributed by atoms with E-state index in [1.165, 1.54) is 29.5 Å². The molecule has 1 aliphatic rings. The maximum absolute atomic E-state index is 6.21. The molecule has 1 N–H and O–H groups in total. The number of rotatable bonds is 4. The normalized spacial score (nSPS) is 14.4. The van der Waals surface area contributed by atoms with Crippen LogP contribution < -0.4 is 5.32 Å². The van der Waals surface area contributed by atoms with Gasteiger partial charge >= 0.3 is 0 Å². The molecule has 3 rings (SSSR count). The van der Waals surface area contributed by atoms with Crippen molar-refractivity contribution in [2.24, 2.45) is 0 Å². The van der Waals surface area contributed by atoms with Crippen molar-refractivity contribution in [3.05, 3.63) is 64.2 Å². The number of nitrogens with one attached hydrogen (secondary N) is 1. The Balaban J connectivity index is 1.64. The molecule has 0 aliphatic heterocycles. The first-order chi connectivity index (χ1) is 9.22. The van der Waals surface area contributed by atoms with Gasteiger partial charge in [0.1, 0.15) is 0 Å². The molecule has 0 heterocycles. The second-order valence-corrected chi connectivity index (χ2v) is 5.76. The summed E-state index contributed by atoms with van der Waals surface area (Å²) in [5, 5.41) is 4.18. The predicted octanol–water partition coefficient (Wildman–Crippen LogP) is 5.14. The molecular formula is C17H18ClN. The highest BCUT2D eigenvalue weighted by Gasteiger charge is 2.22. The number of hydrogen-bond donors (Lipinski definition) is 1. The van der Waals surface area contributed by atoms with Gasteiger partial charge in [-0.2, -0.15) is 0 Å². The van der Waals surface area contributed by atoms with Gasteiger partial charge in [-0.05, 0) is 54.5 Å². The minimum absolute atomic E-state index is 0.787. The molecule has 1 aliphatic carbocycles. The Hall–Kier alpha value is -1.47.